The molecule has 1 saturated carbocycles. The normalized spacial score (nSPS) is 13.8. The average Bonchev–Trinajstić information content (AvgIpc) is 2.48. The molecule has 3 rings (SSSR count). The monoisotopic (exact) mass is 293 g/mol. The summed E-state index contributed by atoms with van der Waals surface area (Å²) in [6, 6.07) is 12.7. The predicted octanol–water partition coefficient (Wildman–Crippen LogP) is 2.83. The number of carbonyl (C=O) groups is 1. The van der Waals surface area contributed by atoms with Crippen LogP contribution in [0.5, 0.6) is 0 Å². The average molecular weight is 293 g/mol. The number of aromatic nitrogens is 2. The second-order valence-electron chi connectivity index (χ2n) is 5.20. The molecular formula is C16H15N5O. The molecule has 1 aromatic carbocycles. The summed E-state index contributed by atoms with van der Waals surface area (Å²) in [5.41, 5.74) is 1.21. The van der Waals surface area contributed by atoms with E-state index < -0.39 is 0 Å². The van der Waals surface area contributed by atoms with Crippen LogP contribution in [0, 0.1) is 17.2 Å². The number of hydrogen-bond donors (Lipinski definition) is 2. The molecule has 0 spiro atoms. The Balaban J connectivity index is 1.66. The minimum atomic E-state index is 0.0103. The standard InChI is InChI=1S/C16H15N5O/c17-10-12-4-1-2-7-13(12)18-14-8-9-15(21-20-14)19-16(22)11-5-3-6-11/h1-2,4,7-9,11H,3,5-6H2,(H,18,20)(H,19,21,22). The number of rotatable bonds is 4. The van der Waals surface area contributed by atoms with Gasteiger partial charge in [-0.1, -0.05) is 18.6 Å². The molecule has 2 N–H and O–H groups in total. The fraction of sp³-hybridized carbons (Fsp3) is 0.250. The highest BCUT2D eigenvalue weighted by atomic mass is 16.2. The molecule has 110 valence electrons. The minimum absolute atomic E-state index is 0.0103. The lowest BCUT2D eigenvalue weighted by molar-refractivity contribution is -0.122. The number of nitrogens with zero attached hydrogens (tertiary/aromatic N) is 3. The van der Waals surface area contributed by atoms with Gasteiger partial charge in [-0.25, -0.2) is 0 Å². The van der Waals surface area contributed by atoms with Crippen molar-refractivity contribution in [1.82, 2.24) is 10.2 Å². The van der Waals surface area contributed by atoms with Crippen LogP contribution in [-0.2, 0) is 4.79 Å². The number of nitriles is 1. The van der Waals surface area contributed by atoms with Gasteiger partial charge in [0.1, 0.15) is 6.07 Å². The Morgan fingerprint density at radius 1 is 1.14 bits per heavy atom. The van der Waals surface area contributed by atoms with Crippen molar-refractivity contribution in [3.63, 3.8) is 0 Å². The van der Waals surface area contributed by atoms with Gasteiger partial charge in [0.15, 0.2) is 11.6 Å². The third-order valence-electron chi connectivity index (χ3n) is 3.70. The van der Waals surface area contributed by atoms with E-state index >= 15 is 0 Å². The molecule has 2 aromatic rings. The molecule has 0 atom stereocenters. The highest BCUT2D eigenvalue weighted by Crippen LogP contribution is 2.27. The lowest BCUT2D eigenvalue weighted by atomic mass is 9.85. The Labute approximate surface area is 128 Å². The van der Waals surface area contributed by atoms with Gasteiger partial charge in [0, 0.05) is 5.92 Å². The molecule has 0 radical (unpaired) electrons. The van der Waals surface area contributed by atoms with Crippen LogP contribution in [0.1, 0.15) is 24.8 Å². The van der Waals surface area contributed by atoms with E-state index in [2.05, 4.69) is 26.9 Å². The first-order valence-electron chi connectivity index (χ1n) is 7.17. The molecule has 0 bridgehead atoms. The lowest BCUT2D eigenvalue weighted by Crippen LogP contribution is -2.28. The van der Waals surface area contributed by atoms with Gasteiger partial charge in [0.25, 0.3) is 0 Å². The predicted molar refractivity (Wildman–Crippen MR) is 82.4 cm³/mol. The Morgan fingerprint density at radius 2 is 1.86 bits per heavy atom. The summed E-state index contributed by atoms with van der Waals surface area (Å²) in [5, 5.41) is 22.9. The van der Waals surface area contributed by atoms with E-state index in [1.54, 1.807) is 30.3 Å². The van der Waals surface area contributed by atoms with Crippen LogP contribution in [0.15, 0.2) is 36.4 Å². The van der Waals surface area contributed by atoms with Crippen LogP contribution >= 0.6 is 0 Å². The Morgan fingerprint density at radius 3 is 2.50 bits per heavy atom. The van der Waals surface area contributed by atoms with E-state index in [1.807, 2.05) is 6.07 Å². The second-order valence-corrected chi connectivity index (χ2v) is 5.20. The largest absolute Gasteiger partial charge is 0.338 e. The van der Waals surface area contributed by atoms with Crippen molar-refractivity contribution >= 4 is 23.2 Å². The fourth-order valence-corrected chi connectivity index (χ4v) is 2.19. The van der Waals surface area contributed by atoms with Gasteiger partial charge in [0.2, 0.25) is 5.91 Å². The zero-order chi connectivity index (χ0) is 15.4. The number of para-hydroxylation sites is 1. The van der Waals surface area contributed by atoms with Crippen molar-refractivity contribution in [3.8, 4) is 6.07 Å². The van der Waals surface area contributed by atoms with Gasteiger partial charge in [-0.05, 0) is 37.1 Å². The number of nitrogens with one attached hydrogen (secondary N) is 2. The fourth-order valence-electron chi connectivity index (χ4n) is 2.19. The van der Waals surface area contributed by atoms with Crippen molar-refractivity contribution in [1.29, 1.82) is 5.26 Å². The van der Waals surface area contributed by atoms with E-state index in [-0.39, 0.29) is 11.8 Å². The van der Waals surface area contributed by atoms with Crippen molar-refractivity contribution in [3.05, 3.63) is 42.0 Å². The van der Waals surface area contributed by atoms with Crippen molar-refractivity contribution in [2.45, 2.75) is 19.3 Å². The first kappa shape index (κ1) is 14.0. The summed E-state index contributed by atoms with van der Waals surface area (Å²) >= 11 is 0. The Bertz CT molecular complexity index is 716. The zero-order valence-electron chi connectivity index (χ0n) is 11.9. The summed E-state index contributed by atoms with van der Waals surface area (Å²) in [5.74, 6) is 1.08. The number of benzene rings is 1. The van der Waals surface area contributed by atoms with Crippen LogP contribution in [0.25, 0.3) is 0 Å². The van der Waals surface area contributed by atoms with Gasteiger partial charge >= 0.3 is 0 Å². The van der Waals surface area contributed by atoms with Gasteiger partial charge in [-0.15, -0.1) is 10.2 Å². The quantitative estimate of drug-likeness (QED) is 0.904. The van der Waals surface area contributed by atoms with Gasteiger partial charge in [-0.2, -0.15) is 5.26 Å². The van der Waals surface area contributed by atoms with Crippen LogP contribution in [0.2, 0.25) is 0 Å². The maximum atomic E-state index is 11.8. The van der Waals surface area contributed by atoms with Crippen LogP contribution < -0.4 is 10.6 Å². The number of amides is 1. The molecule has 6 nitrogen and oxygen atoms in total. The first-order chi connectivity index (χ1) is 10.8. The summed E-state index contributed by atoms with van der Waals surface area (Å²) in [7, 11) is 0. The highest BCUT2D eigenvalue weighted by Gasteiger charge is 2.25. The van der Waals surface area contributed by atoms with Gasteiger partial charge in [0.05, 0.1) is 11.3 Å². The molecule has 1 fully saturated rings. The summed E-state index contributed by atoms with van der Waals surface area (Å²) in [6.45, 7) is 0. The second kappa shape index (κ2) is 6.22. The summed E-state index contributed by atoms with van der Waals surface area (Å²) in [4.78, 5) is 11.8. The Hall–Kier alpha value is -2.94. The molecule has 0 unspecified atom stereocenters. The van der Waals surface area contributed by atoms with Gasteiger partial charge in [-0.3, -0.25) is 4.79 Å². The van der Waals surface area contributed by atoms with E-state index in [1.165, 1.54) is 0 Å². The smallest absolute Gasteiger partial charge is 0.228 e. The van der Waals surface area contributed by atoms with E-state index in [0.29, 0.717) is 22.9 Å². The maximum absolute atomic E-state index is 11.8. The third kappa shape index (κ3) is 3.04. The van der Waals surface area contributed by atoms with Crippen molar-refractivity contribution in [2.24, 2.45) is 5.92 Å². The SMILES string of the molecule is N#Cc1ccccc1Nc1ccc(NC(=O)C2CCC2)nn1. The molecule has 1 aromatic heterocycles. The van der Waals surface area contributed by atoms with Crippen molar-refractivity contribution < 1.29 is 4.79 Å². The third-order valence-corrected chi connectivity index (χ3v) is 3.70. The minimum Gasteiger partial charge on any atom is -0.338 e. The van der Waals surface area contributed by atoms with Crippen molar-refractivity contribution in [2.75, 3.05) is 10.6 Å². The molecule has 1 amide bonds. The molecule has 1 aliphatic carbocycles. The molecule has 6 heteroatoms. The Kier molecular flexibility index (Phi) is 3.97. The molecule has 0 saturated heterocycles. The summed E-state index contributed by atoms with van der Waals surface area (Å²) in [6.07, 6.45) is 3.01. The lowest BCUT2D eigenvalue weighted by Gasteiger charge is -2.23. The number of carbonyl (C=O) groups excluding carboxylic acids is 1. The molecule has 1 aliphatic rings. The first-order valence-corrected chi connectivity index (χ1v) is 7.17. The summed E-state index contributed by atoms with van der Waals surface area (Å²) < 4.78 is 0. The van der Waals surface area contributed by atoms with E-state index in [9.17, 15) is 4.79 Å². The maximum Gasteiger partial charge on any atom is 0.228 e. The number of hydrogen-bond acceptors (Lipinski definition) is 5. The zero-order valence-corrected chi connectivity index (χ0v) is 11.9. The molecular weight excluding hydrogens is 278 g/mol. The van der Waals surface area contributed by atoms with E-state index in [0.717, 1.165) is 19.3 Å². The molecule has 0 aliphatic heterocycles. The van der Waals surface area contributed by atoms with Crippen LogP contribution in [0.3, 0.4) is 0 Å². The van der Waals surface area contributed by atoms with Crippen LogP contribution in [-0.4, -0.2) is 16.1 Å². The molecule has 22 heavy (non-hydrogen) atoms. The van der Waals surface area contributed by atoms with Crippen LogP contribution in [0.4, 0.5) is 17.3 Å². The highest BCUT2D eigenvalue weighted by molar-refractivity contribution is 5.92. The van der Waals surface area contributed by atoms with Gasteiger partial charge < -0.3 is 10.6 Å². The molecule has 1 heterocycles. The number of anilines is 3. The topological polar surface area (TPSA) is 90.7 Å². The van der Waals surface area contributed by atoms with E-state index in [4.69, 9.17) is 5.26 Å².